The predicted octanol–water partition coefficient (Wildman–Crippen LogP) is 2.49. The average molecular weight is 422 g/mol. The highest BCUT2D eigenvalue weighted by Crippen LogP contribution is 2.28. The van der Waals surface area contributed by atoms with E-state index < -0.39 is 5.82 Å². The van der Waals surface area contributed by atoms with E-state index in [4.69, 9.17) is 0 Å². The topological polar surface area (TPSA) is 103 Å². The molecule has 5 rings (SSSR count). The maximum Gasteiger partial charge on any atom is 0.258 e. The van der Waals surface area contributed by atoms with Crippen LogP contribution in [0.4, 0.5) is 15.8 Å². The number of fused-ring (bicyclic) bond motifs is 2. The molecule has 1 saturated heterocycles. The fourth-order valence-corrected chi connectivity index (χ4v) is 4.33. The third-order valence-corrected chi connectivity index (χ3v) is 5.48. The zero-order chi connectivity index (χ0) is 21.7. The van der Waals surface area contributed by atoms with Crippen molar-refractivity contribution in [3.63, 3.8) is 0 Å². The molecule has 1 fully saturated rings. The van der Waals surface area contributed by atoms with E-state index in [1.54, 1.807) is 29.8 Å². The summed E-state index contributed by atoms with van der Waals surface area (Å²) in [4.78, 5) is 19.4. The first-order chi connectivity index (χ1) is 14.9. The molecule has 3 N–H and O–H groups in total. The van der Waals surface area contributed by atoms with E-state index in [2.05, 4.69) is 49.8 Å². The van der Waals surface area contributed by atoms with Crippen molar-refractivity contribution in [3.8, 4) is 0 Å². The van der Waals surface area contributed by atoms with Crippen LogP contribution < -0.4 is 15.5 Å². The van der Waals surface area contributed by atoms with E-state index in [1.165, 1.54) is 6.07 Å². The van der Waals surface area contributed by atoms with Crippen LogP contribution >= 0.6 is 0 Å². The lowest BCUT2D eigenvalue weighted by Gasteiger charge is -2.37. The molecule has 1 aliphatic rings. The Kier molecular flexibility index (Phi) is 4.58. The molecule has 0 radical (unpaired) electrons. The van der Waals surface area contributed by atoms with Gasteiger partial charge in [0.1, 0.15) is 11.0 Å². The summed E-state index contributed by atoms with van der Waals surface area (Å²) in [5, 5.41) is 17.4. The Morgan fingerprint density at radius 3 is 2.68 bits per heavy atom. The van der Waals surface area contributed by atoms with Gasteiger partial charge in [0, 0.05) is 43.6 Å². The number of amides is 1. The van der Waals surface area contributed by atoms with Crippen molar-refractivity contribution < 1.29 is 9.18 Å². The Morgan fingerprint density at radius 2 is 1.90 bits per heavy atom. The summed E-state index contributed by atoms with van der Waals surface area (Å²) in [5.74, 6) is -0.891. The SMILES string of the molecule is Cc1cn2cc(NC(=O)c3ccc(N4C[C@H](C)N[C@@H](C)C4)c4n[nH]nc34)cc(F)c2n1. The summed E-state index contributed by atoms with van der Waals surface area (Å²) in [5.41, 5.74) is 3.66. The number of halogens is 1. The van der Waals surface area contributed by atoms with Crippen LogP contribution in [0, 0.1) is 12.7 Å². The van der Waals surface area contributed by atoms with Gasteiger partial charge in [-0.3, -0.25) is 4.79 Å². The number of hydrogen-bond donors (Lipinski definition) is 3. The lowest BCUT2D eigenvalue weighted by Crippen LogP contribution is -2.54. The number of piperazine rings is 1. The van der Waals surface area contributed by atoms with Crippen molar-refractivity contribution in [2.24, 2.45) is 0 Å². The number of carbonyl (C=O) groups is 1. The second-order valence-corrected chi connectivity index (χ2v) is 8.17. The fourth-order valence-electron chi connectivity index (χ4n) is 4.33. The summed E-state index contributed by atoms with van der Waals surface area (Å²) < 4.78 is 15.9. The summed E-state index contributed by atoms with van der Waals surface area (Å²) in [6, 6.07) is 5.57. The van der Waals surface area contributed by atoms with Gasteiger partial charge in [-0.2, -0.15) is 15.4 Å². The molecule has 31 heavy (non-hydrogen) atoms. The Bertz CT molecular complexity index is 1290. The molecule has 10 heteroatoms. The molecule has 0 unspecified atom stereocenters. The molecule has 4 aromatic rings. The van der Waals surface area contributed by atoms with Gasteiger partial charge in [0.25, 0.3) is 5.91 Å². The van der Waals surface area contributed by atoms with E-state index in [0.29, 0.717) is 40.1 Å². The number of rotatable bonds is 3. The number of benzene rings is 1. The number of nitrogens with zero attached hydrogens (tertiary/aromatic N) is 5. The average Bonchev–Trinajstić information content (AvgIpc) is 3.33. The number of nitrogens with one attached hydrogen (secondary N) is 3. The lowest BCUT2D eigenvalue weighted by atomic mass is 10.1. The minimum atomic E-state index is -0.505. The largest absolute Gasteiger partial charge is 0.367 e. The van der Waals surface area contributed by atoms with Gasteiger partial charge in [-0.05, 0) is 32.9 Å². The summed E-state index contributed by atoms with van der Waals surface area (Å²) in [6.07, 6.45) is 3.34. The number of imidazole rings is 1. The smallest absolute Gasteiger partial charge is 0.258 e. The zero-order valence-corrected chi connectivity index (χ0v) is 17.5. The number of hydrogen-bond acceptors (Lipinski definition) is 6. The van der Waals surface area contributed by atoms with Gasteiger partial charge in [-0.1, -0.05) is 0 Å². The normalized spacial score (nSPS) is 19.3. The van der Waals surface area contributed by atoms with Crippen molar-refractivity contribution >= 4 is 34.0 Å². The minimum absolute atomic E-state index is 0.221. The standard InChI is InChI=1S/C21H23FN8O/c1-11-7-29(8-12(2)23-11)17-5-4-15(18-19(17)27-28-26-18)21(31)25-14-6-16(22)20-24-13(3)9-30(20)10-14/h4-6,9-12,23H,7-8H2,1-3H3,(H,25,31)(H,26,27,28)/t11-,12-/m0/s1. The second kappa shape index (κ2) is 7.31. The number of carbonyl (C=O) groups excluding carboxylic acids is 1. The third kappa shape index (κ3) is 3.48. The quantitative estimate of drug-likeness (QED) is 0.469. The molecule has 1 amide bonds. The van der Waals surface area contributed by atoms with Crippen molar-refractivity contribution in [2.75, 3.05) is 23.3 Å². The molecule has 1 aliphatic heterocycles. The maximum atomic E-state index is 14.4. The van der Waals surface area contributed by atoms with Crippen molar-refractivity contribution in [2.45, 2.75) is 32.9 Å². The van der Waals surface area contributed by atoms with Crippen molar-refractivity contribution in [1.82, 2.24) is 30.1 Å². The summed E-state index contributed by atoms with van der Waals surface area (Å²) in [6.45, 7) is 7.74. The van der Waals surface area contributed by atoms with Crippen molar-refractivity contribution in [1.29, 1.82) is 0 Å². The number of aromatic amines is 1. The van der Waals surface area contributed by atoms with Crippen LogP contribution in [0.15, 0.2) is 30.6 Å². The van der Waals surface area contributed by atoms with Gasteiger partial charge in [-0.15, -0.1) is 0 Å². The van der Waals surface area contributed by atoms with Crippen LogP contribution in [0.5, 0.6) is 0 Å². The second-order valence-electron chi connectivity index (χ2n) is 8.17. The molecule has 0 spiro atoms. The van der Waals surface area contributed by atoms with Crippen LogP contribution in [-0.4, -0.2) is 55.9 Å². The minimum Gasteiger partial charge on any atom is -0.367 e. The highest BCUT2D eigenvalue weighted by atomic mass is 19.1. The Morgan fingerprint density at radius 1 is 1.16 bits per heavy atom. The number of anilines is 2. The molecule has 1 aromatic carbocycles. The highest BCUT2D eigenvalue weighted by molar-refractivity contribution is 6.13. The summed E-state index contributed by atoms with van der Waals surface area (Å²) in [7, 11) is 0. The van der Waals surface area contributed by atoms with Gasteiger partial charge in [0.15, 0.2) is 11.5 Å². The van der Waals surface area contributed by atoms with E-state index in [1.807, 2.05) is 6.07 Å². The number of aromatic nitrogens is 5. The zero-order valence-electron chi connectivity index (χ0n) is 17.5. The molecular formula is C21H23FN8O. The van der Waals surface area contributed by atoms with E-state index in [0.717, 1.165) is 18.8 Å². The molecule has 160 valence electrons. The van der Waals surface area contributed by atoms with E-state index in [-0.39, 0.29) is 11.6 Å². The first-order valence-electron chi connectivity index (χ1n) is 10.2. The van der Waals surface area contributed by atoms with Crippen LogP contribution in [0.3, 0.4) is 0 Å². The maximum absolute atomic E-state index is 14.4. The van der Waals surface area contributed by atoms with E-state index >= 15 is 0 Å². The lowest BCUT2D eigenvalue weighted by molar-refractivity contribution is 0.102. The Hall–Kier alpha value is -3.53. The number of pyridine rings is 1. The molecular weight excluding hydrogens is 399 g/mol. The number of H-pyrrole nitrogens is 1. The fraction of sp³-hybridized carbons (Fsp3) is 0.333. The highest BCUT2D eigenvalue weighted by Gasteiger charge is 2.25. The molecule has 0 bridgehead atoms. The predicted molar refractivity (Wildman–Crippen MR) is 116 cm³/mol. The first-order valence-corrected chi connectivity index (χ1v) is 10.2. The van der Waals surface area contributed by atoms with Gasteiger partial charge in [-0.25, -0.2) is 9.37 Å². The van der Waals surface area contributed by atoms with Crippen LogP contribution in [0.2, 0.25) is 0 Å². The first kappa shape index (κ1) is 19.4. The molecule has 3 aromatic heterocycles. The van der Waals surface area contributed by atoms with Gasteiger partial charge in [0.2, 0.25) is 0 Å². The molecule has 2 atom stereocenters. The van der Waals surface area contributed by atoms with Crippen LogP contribution in [-0.2, 0) is 0 Å². The Labute approximate surface area is 177 Å². The van der Waals surface area contributed by atoms with Crippen molar-refractivity contribution in [3.05, 3.63) is 47.7 Å². The summed E-state index contributed by atoms with van der Waals surface area (Å²) >= 11 is 0. The third-order valence-electron chi connectivity index (χ3n) is 5.48. The van der Waals surface area contributed by atoms with Gasteiger partial charge >= 0.3 is 0 Å². The van der Waals surface area contributed by atoms with E-state index in [9.17, 15) is 9.18 Å². The number of aryl methyl sites for hydroxylation is 1. The van der Waals surface area contributed by atoms with Crippen LogP contribution in [0.25, 0.3) is 16.7 Å². The molecule has 4 heterocycles. The van der Waals surface area contributed by atoms with Crippen LogP contribution in [0.1, 0.15) is 29.9 Å². The van der Waals surface area contributed by atoms with Gasteiger partial charge < -0.3 is 19.9 Å². The van der Waals surface area contributed by atoms with Gasteiger partial charge in [0.05, 0.1) is 22.6 Å². The monoisotopic (exact) mass is 422 g/mol. The molecule has 0 aliphatic carbocycles. The Balaban J connectivity index is 1.47. The molecule has 9 nitrogen and oxygen atoms in total. The molecule has 0 saturated carbocycles.